The van der Waals surface area contributed by atoms with Crippen LogP contribution in [0.5, 0.6) is 0 Å². The molecule has 6 rings (SSSR count). The monoisotopic (exact) mass is 521 g/mol. The summed E-state index contributed by atoms with van der Waals surface area (Å²) in [5, 5.41) is 10.0. The van der Waals surface area contributed by atoms with Crippen LogP contribution in [0.15, 0.2) is 42.6 Å². The van der Waals surface area contributed by atoms with Crippen LogP contribution in [0.1, 0.15) is 75.3 Å². The highest BCUT2D eigenvalue weighted by molar-refractivity contribution is 5.98. The second kappa shape index (κ2) is 9.49. The number of aromatic nitrogens is 3. The molecule has 2 N–H and O–H groups in total. The van der Waals surface area contributed by atoms with E-state index in [-0.39, 0.29) is 29.9 Å². The number of fused-ring (bicyclic) bond motifs is 4. The van der Waals surface area contributed by atoms with E-state index >= 15 is 0 Å². The number of hydrogen-bond acceptors (Lipinski definition) is 6. The number of carbonyl (C=O) groups excluding carboxylic acids is 3. The third-order valence-electron chi connectivity index (χ3n) is 7.76. The number of ether oxygens (including phenoxy) is 1. The fourth-order valence-corrected chi connectivity index (χ4v) is 5.46. The molecule has 0 saturated heterocycles. The molecule has 3 aromatic rings. The van der Waals surface area contributed by atoms with Gasteiger partial charge in [-0.2, -0.15) is 9.61 Å². The predicted octanol–water partition coefficient (Wildman–Crippen LogP) is 4.42. The number of benzene rings is 1. The lowest BCUT2D eigenvalue weighted by atomic mass is 9.53. The SMILES string of the molecule is CC(C)(C)OC(=O)C12CCC(C(=O)Nc3cc(C(=O)NCc4ccc(F)cc4)nc4ccnn34)(CC1)CC2. The second-order valence-electron chi connectivity index (χ2n) is 11.5. The fourth-order valence-electron chi connectivity index (χ4n) is 5.46. The smallest absolute Gasteiger partial charge is 0.312 e. The Morgan fingerprint density at radius 2 is 1.63 bits per heavy atom. The normalized spacial score (nSPS) is 22.7. The van der Waals surface area contributed by atoms with Crippen LogP contribution in [0, 0.1) is 16.6 Å². The van der Waals surface area contributed by atoms with Gasteiger partial charge in [0.25, 0.3) is 5.91 Å². The number of rotatable bonds is 6. The van der Waals surface area contributed by atoms with Crippen molar-refractivity contribution in [3.05, 3.63) is 59.7 Å². The average Bonchev–Trinajstić information content (AvgIpc) is 3.37. The molecule has 0 unspecified atom stereocenters. The number of nitrogens with zero attached hydrogens (tertiary/aromatic N) is 3. The maximum atomic E-state index is 13.6. The van der Waals surface area contributed by atoms with Gasteiger partial charge in [-0.15, -0.1) is 0 Å². The zero-order valence-electron chi connectivity index (χ0n) is 21.8. The molecule has 9 nitrogen and oxygen atoms in total. The van der Waals surface area contributed by atoms with Crippen molar-refractivity contribution in [2.75, 3.05) is 5.32 Å². The Morgan fingerprint density at radius 3 is 2.26 bits per heavy atom. The maximum absolute atomic E-state index is 13.6. The highest BCUT2D eigenvalue weighted by Crippen LogP contribution is 2.58. The first-order valence-electron chi connectivity index (χ1n) is 12.9. The van der Waals surface area contributed by atoms with E-state index in [1.165, 1.54) is 22.7 Å². The highest BCUT2D eigenvalue weighted by Gasteiger charge is 2.56. The van der Waals surface area contributed by atoms with Crippen molar-refractivity contribution in [1.82, 2.24) is 19.9 Å². The van der Waals surface area contributed by atoms with Gasteiger partial charge in [-0.05, 0) is 77.0 Å². The molecule has 38 heavy (non-hydrogen) atoms. The molecule has 0 atom stereocenters. The lowest BCUT2D eigenvalue weighted by molar-refractivity contribution is -0.178. The van der Waals surface area contributed by atoms with Gasteiger partial charge < -0.3 is 15.4 Å². The molecular formula is C28H32FN5O4. The van der Waals surface area contributed by atoms with Gasteiger partial charge in [-0.1, -0.05) is 12.1 Å². The van der Waals surface area contributed by atoms with E-state index in [0.29, 0.717) is 50.0 Å². The van der Waals surface area contributed by atoms with Crippen molar-refractivity contribution in [1.29, 1.82) is 0 Å². The van der Waals surface area contributed by atoms with Crippen LogP contribution in [-0.2, 0) is 20.9 Å². The molecule has 2 bridgehead atoms. The van der Waals surface area contributed by atoms with Gasteiger partial charge in [-0.3, -0.25) is 14.4 Å². The molecule has 200 valence electrons. The van der Waals surface area contributed by atoms with Crippen LogP contribution >= 0.6 is 0 Å². The minimum absolute atomic E-state index is 0.129. The van der Waals surface area contributed by atoms with Gasteiger partial charge in [0.15, 0.2) is 5.65 Å². The van der Waals surface area contributed by atoms with E-state index in [0.717, 1.165) is 5.56 Å². The summed E-state index contributed by atoms with van der Waals surface area (Å²) in [5.74, 6) is -0.734. The largest absolute Gasteiger partial charge is 0.460 e. The lowest BCUT2D eigenvalue weighted by Crippen LogP contribution is -2.52. The van der Waals surface area contributed by atoms with Crippen LogP contribution in [0.3, 0.4) is 0 Å². The quantitative estimate of drug-likeness (QED) is 0.464. The number of amides is 2. The average molecular weight is 522 g/mol. The van der Waals surface area contributed by atoms with Gasteiger partial charge in [0.1, 0.15) is 22.9 Å². The fraction of sp³-hybridized carbons (Fsp3) is 0.464. The summed E-state index contributed by atoms with van der Waals surface area (Å²) in [6.07, 6.45) is 5.16. The number of hydrogen-bond donors (Lipinski definition) is 2. The Morgan fingerprint density at radius 1 is 1.00 bits per heavy atom. The van der Waals surface area contributed by atoms with Crippen molar-refractivity contribution >= 4 is 29.2 Å². The molecule has 3 fully saturated rings. The van der Waals surface area contributed by atoms with Gasteiger partial charge >= 0.3 is 5.97 Å². The molecule has 2 heterocycles. The Kier molecular flexibility index (Phi) is 6.44. The Labute approximate surface area is 220 Å². The minimum atomic E-state index is -0.586. The van der Waals surface area contributed by atoms with Crippen molar-refractivity contribution in [2.24, 2.45) is 10.8 Å². The molecular weight excluding hydrogens is 489 g/mol. The number of carbonyl (C=O) groups is 3. The summed E-state index contributed by atoms with van der Waals surface area (Å²) < 4.78 is 20.3. The minimum Gasteiger partial charge on any atom is -0.460 e. The topological polar surface area (TPSA) is 115 Å². The van der Waals surface area contributed by atoms with Crippen LogP contribution < -0.4 is 10.6 Å². The van der Waals surface area contributed by atoms with Crippen LogP contribution in [0.25, 0.3) is 5.65 Å². The first kappa shape index (κ1) is 25.8. The first-order valence-corrected chi connectivity index (χ1v) is 12.9. The maximum Gasteiger partial charge on any atom is 0.312 e. The van der Waals surface area contributed by atoms with Gasteiger partial charge in [0.2, 0.25) is 5.91 Å². The van der Waals surface area contributed by atoms with Gasteiger partial charge in [0.05, 0.1) is 11.6 Å². The molecule has 10 heteroatoms. The lowest BCUT2D eigenvalue weighted by Gasteiger charge is -2.51. The first-order chi connectivity index (χ1) is 18.0. The molecule has 3 aliphatic carbocycles. The number of anilines is 1. The third kappa shape index (κ3) is 4.99. The van der Waals surface area contributed by atoms with Crippen molar-refractivity contribution in [2.45, 2.75) is 71.4 Å². The number of halogens is 1. The summed E-state index contributed by atoms with van der Waals surface area (Å²) in [7, 11) is 0. The van der Waals surface area contributed by atoms with E-state index < -0.39 is 22.3 Å². The molecule has 2 aromatic heterocycles. The highest BCUT2D eigenvalue weighted by atomic mass is 19.1. The van der Waals surface area contributed by atoms with Crippen molar-refractivity contribution in [3.63, 3.8) is 0 Å². The zero-order chi connectivity index (χ0) is 27.1. The predicted molar refractivity (Wildman–Crippen MR) is 138 cm³/mol. The van der Waals surface area contributed by atoms with Crippen LogP contribution in [0.2, 0.25) is 0 Å². The van der Waals surface area contributed by atoms with Crippen LogP contribution in [0.4, 0.5) is 10.2 Å². The molecule has 3 saturated carbocycles. The van der Waals surface area contributed by atoms with Gasteiger partial charge in [0, 0.05) is 24.1 Å². The molecule has 2 amide bonds. The van der Waals surface area contributed by atoms with E-state index in [2.05, 4.69) is 20.7 Å². The summed E-state index contributed by atoms with van der Waals surface area (Å²) >= 11 is 0. The molecule has 0 aliphatic heterocycles. The van der Waals surface area contributed by atoms with Gasteiger partial charge in [-0.25, -0.2) is 9.37 Å². The Bertz CT molecular complexity index is 1370. The molecule has 1 aromatic carbocycles. The molecule has 3 aliphatic rings. The van der Waals surface area contributed by atoms with E-state index in [1.54, 1.807) is 24.4 Å². The summed E-state index contributed by atoms with van der Waals surface area (Å²) in [5.41, 5.74) is -0.356. The van der Waals surface area contributed by atoms with Crippen molar-refractivity contribution in [3.8, 4) is 0 Å². The van der Waals surface area contributed by atoms with Crippen LogP contribution in [-0.4, -0.2) is 38.0 Å². The summed E-state index contributed by atoms with van der Waals surface area (Å²) in [4.78, 5) is 43.8. The van der Waals surface area contributed by atoms with E-state index in [1.807, 2.05) is 20.8 Å². The second-order valence-corrected chi connectivity index (χ2v) is 11.5. The standard InChI is InChI=1S/C28H32FN5O4/c1-26(2,3)38-25(37)28-12-9-27(10-13-28,11-14-28)24(36)33-22-16-20(32-21-8-15-31-34(21)22)23(35)30-17-18-4-6-19(29)7-5-18/h4-8,15-16H,9-14,17H2,1-3H3,(H,30,35)(H,33,36). The Balaban J connectivity index is 1.30. The van der Waals surface area contributed by atoms with Crippen molar-refractivity contribution < 1.29 is 23.5 Å². The summed E-state index contributed by atoms with van der Waals surface area (Å²) in [6.45, 7) is 5.81. The Hall–Kier alpha value is -3.82. The summed E-state index contributed by atoms with van der Waals surface area (Å²) in [6, 6.07) is 9.02. The number of esters is 1. The zero-order valence-corrected chi connectivity index (χ0v) is 21.8. The van der Waals surface area contributed by atoms with E-state index in [4.69, 9.17) is 4.74 Å². The number of nitrogens with one attached hydrogen (secondary N) is 2. The molecule has 0 radical (unpaired) electrons. The third-order valence-corrected chi connectivity index (χ3v) is 7.76. The van der Waals surface area contributed by atoms with E-state index in [9.17, 15) is 18.8 Å². The molecule has 0 spiro atoms.